The lowest BCUT2D eigenvalue weighted by molar-refractivity contribution is -0.0504. The van der Waals surface area contributed by atoms with Gasteiger partial charge in [0.2, 0.25) is 0 Å². The quantitative estimate of drug-likeness (QED) is 0.635. The molecule has 0 heterocycles. The number of alkyl halides is 2. The average Bonchev–Trinajstić information content (AvgIpc) is 3.30. The predicted octanol–water partition coefficient (Wildman–Crippen LogP) is 5.71. The minimum atomic E-state index is -2.76. The third kappa shape index (κ3) is 4.07. The molecule has 0 saturated heterocycles. The molecule has 1 saturated carbocycles. The molecule has 3 rings (SSSR count). The highest BCUT2D eigenvalue weighted by Crippen LogP contribution is 2.45. The first-order valence-electron chi connectivity index (χ1n) is 7.44. The maximum Gasteiger partial charge on any atom is 0.387 e. The molecule has 1 nitrogen and oxygen atoms in total. The van der Waals surface area contributed by atoms with E-state index in [4.69, 9.17) is 0 Å². The van der Waals surface area contributed by atoms with E-state index in [9.17, 15) is 8.78 Å². The van der Waals surface area contributed by atoms with Gasteiger partial charge in [0.15, 0.2) is 0 Å². The van der Waals surface area contributed by atoms with Crippen LogP contribution in [-0.2, 0) is 12.8 Å². The van der Waals surface area contributed by atoms with Gasteiger partial charge >= 0.3 is 6.61 Å². The third-order valence-electron chi connectivity index (χ3n) is 3.90. The Balaban J connectivity index is 1.72. The molecule has 0 radical (unpaired) electrons. The molecule has 0 spiro atoms. The van der Waals surface area contributed by atoms with Crippen LogP contribution in [0.3, 0.4) is 0 Å². The molecule has 22 heavy (non-hydrogen) atoms. The molecule has 1 fully saturated rings. The fourth-order valence-corrected chi connectivity index (χ4v) is 3.10. The van der Waals surface area contributed by atoms with Gasteiger partial charge in [-0.25, -0.2) is 0 Å². The predicted molar refractivity (Wildman–Crippen MR) is 86.6 cm³/mol. The Labute approximate surface area is 137 Å². The summed E-state index contributed by atoms with van der Waals surface area (Å²) < 4.78 is 30.6. The van der Waals surface area contributed by atoms with Gasteiger partial charge in [-0.1, -0.05) is 40.2 Å². The van der Waals surface area contributed by atoms with Crippen molar-refractivity contribution in [2.24, 2.45) is 0 Å². The van der Waals surface area contributed by atoms with Crippen molar-refractivity contribution >= 4 is 15.9 Å². The van der Waals surface area contributed by atoms with E-state index in [-0.39, 0.29) is 0 Å². The molecule has 0 bridgehead atoms. The molecule has 0 amide bonds. The van der Waals surface area contributed by atoms with Crippen molar-refractivity contribution in [3.63, 3.8) is 0 Å². The zero-order chi connectivity index (χ0) is 15.5. The van der Waals surface area contributed by atoms with E-state index in [1.807, 2.05) is 24.3 Å². The van der Waals surface area contributed by atoms with Crippen LogP contribution in [0, 0.1) is 0 Å². The summed E-state index contributed by atoms with van der Waals surface area (Å²) in [5.41, 5.74) is 3.37. The summed E-state index contributed by atoms with van der Waals surface area (Å²) in [4.78, 5) is 0. The molecular formula is C18H17BrF2O. The maximum atomic E-state index is 12.5. The summed E-state index contributed by atoms with van der Waals surface area (Å²) in [5, 5.41) is 0. The molecule has 2 aromatic rings. The molecule has 1 aliphatic rings. The zero-order valence-corrected chi connectivity index (χ0v) is 13.7. The van der Waals surface area contributed by atoms with E-state index in [1.165, 1.54) is 11.1 Å². The topological polar surface area (TPSA) is 9.23 Å². The molecule has 0 aliphatic heterocycles. The van der Waals surface area contributed by atoms with Crippen LogP contribution in [0.15, 0.2) is 46.9 Å². The summed E-state index contributed by atoms with van der Waals surface area (Å²) >= 11 is 3.47. The molecule has 2 aromatic carbocycles. The van der Waals surface area contributed by atoms with Crippen molar-refractivity contribution in [3.05, 3.63) is 63.6 Å². The summed E-state index contributed by atoms with van der Waals surface area (Å²) in [6.45, 7) is -2.76. The lowest BCUT2D eigenvalue weighted by Crippen LogP contribution is -2.04. The van der Waals surface area contributed by atoms with Gasteiger partial charge in [0.1, 0.15) is 5.75 Å². The second-order valence-corrected chi connectivity index (χ2v) is 6.57. The number of hydrogen-bond donors (Lipinski definition) is 0. The minimum Gasteiger partial charge on any atom is -0.435 e. The molecule has 0 N–H and O–H groups in total. The second-order valence-electron chi connectivity index (χ2n) is 5.65. The van der Waals surface area contributed by atoms with Gasteiger partial charge in [-0.2, -0.15) is 8.78 Å². The SMILES string of the molecule is FC(F)Oc1ccc(CCc2cccc(Br)c2)cc1C1CC1. The molecular weight excluding hydrogens is 350 g/mol. The van der Waals surface area contributed by atoms with E-state index in [0.29, 0.717) is 11.7 Å². The Kier molecular flexibility index (Phi) is 4.77. The molecule has 1 aliphatic carbocycles. The number of halogens is 3. The van der Waals surface area contributed by atoms with Crippen molar-refractivity contribution in [1.29, 1.82) is 0 Å². The Morgan fingerprint density at radius 1 is 1.05 bits per heavy atom. The van der Waals surface area contributed by atoms with Crippen LogP contribution in [0.1, 0.15) is 35.4 Å². The van der Waals surface area contributed by atoms with E-state index >= 15 is 0 Å². The Hall–Kier alpha value is -1.42. The van der Waals surface area contributed by atoms with E-state index in [1.54, 1.807) is 6.07 Å². The summed E-state index contributed by atoms with van der Waals surface area (Å²) in [6, 6.07) is 13.8. The number of hydrogen-bond acceptors (Lipinski definition) is 1. The van der Waals surface area contributed by atoms with Gasteiger partial charge < -0.3 is 4.74 Å². The lowest BCUT2D eigenvalue weighted by atomic mass is 10.0. The molecule has 4 heteroatoms. The van der Waals surface area contributed by atoms with E-state index in [0.717, 1.165) is 35.7 Å². The van der Waals surface area contributed by atoms with Crippen molar-refractivity contribution in [2.45, 2.75) is 38.2 Å². The highest BCUT2D eigenvalue weighted by Gasteiger charge is 2.27. The molecule has 0 aromatic heterocycles. The van der Waals surface area contributed by atoms with Gasteiger partial charge in [-0.15, -0.1) is 0 Å². The van der Waals surface area contributed by atoms with Crippen LogP contribution in [0.2, 0.25) is 0 Å². The minimum absolute atomic E-state index is 0.337. The summed E-state index contributed by atoms with van der Waals surface area (Å²) in [5.74, 6) is 0.725. The van der Waals surface area contributed by atoms with E-state index in [2.05, 4.69) is 32.8 Å². The van der Waals surface area contributed by atoms with Gasteiger partial charge in [-0.3, -0.25) is 0 Å². The van der Waals surface area contributed by atoms with Crippen LogP contribution in [0.5, 0.6) is 5.75 Å². The zero-order valence-electron chi connectivity index (χ0n) is 12.1. The summed E-state index contributed by atoms with van der Waals surface area (Å²) in [6.07, 6.45) is 3.95. The number of aryl methyl sites for hydroxylation is 2. The Morgan fingerprint density at radius 2 is 1.77 bits per heavy atom. The smallest absolute Gasteiger partial charge is 0.387 e. The third-order valence-corrected chi connectivity index (χ3v) is 4.39. The first-order valence-corrected chi connectivity index (χ1v) is 8.23. The fraction of sp³-hybridized carbons (Fsp3) is 0.333. The van der Waals surface area contributed by atoms with Crippen LogP contribution in [0.25, 0.3) is 0 Å². The van der Waals surface area contributed by atoms with Crippen LogP contribution >= 0.6 is 15.9 Å². The van der Waals surface area contributed by atoms with E-state index < -0.39 is 6.61 Å². The van der Waals surface area contributed by atoms with Gasteiger partial charge in [-0.05, 0) is 66.5 Å². The van der Waals surface area contributed by atoms with Crippen molar-refractivity contribution in [3.8, 4) is 5.75 Å². The number of rotatable bonds is 6. The highest BCUT2D eigenvalue weighted by molar-refractivity contribution is 9.10. The van der Waals surface area contributed by atoms with Crippen molar-refractivity contribution < 1.29 is 13.5 Å². The monoisotopic (exact) mass is 366 g/mol. The Bertz CT molecular complexity index is 653. The van der Waals surface area contributed by atoms with Gasteiger partial charge in [0.05, 0.1) is 0 Å². The maximum absolute atomic E-state index is 12.5. The average molecular weight is 367 g/mol. The number of ether oxygens (including phenoxy) is 1. The van der Waals surface area contributed by atoms with Crippen LogP contribution < -0.4 is 4.74 Å². The standard InChI is InChI=1S/C18H17BrF2O/c19-15-3-1-2-12(10-15)4-5-13-6-9-17(22-18(20)21)16(11-13)14-7-8-14/h1-3,6,9-11,14,18H,4-5,7-8H2. The van der Waals surface area contributed by atoms with Gasteiger partial charge in [0, 0.05) is 4.47 Å². The van der Waals surface area contributed by atoms with Crippen molar-refractivity contribution in [1.82, 2.24) is 0 Å². The van der Waals surface area contributed by atoms with Gasteiger partial charge in [0.25, 0.3) is 0 Å². The lowest BCUT2D eigenvalue weighted by Gasteiger charge is -2.12. The number of benzene rings is 2. The fourth-order valence-electron chi connectivity index (χ4n) is 2.65. The van der Waals surface area contributed by atoms with Crippen LogP contribution in [-0.4, -0.2) is 6.61 Å². The first-order chi connectivity index (χ1) is 10.6. The molecule has 0 unspecified atom stereocenters. The van der Waals surface area contributed by atoms with Crippen molar-refractivity contribution in [2.75, 3.05) is 0 Å². The Morgan fingerprint density at radius 3 is 2.41 bits per heavy atom. The van der Waals surface area contributed by atoms with Crippen LogP contribution in [0.4, 0.5) is 8.78 Å². The molecule has 116 valence electrons. The second kappa shape index (κ2) is 6.78. The normalized spacial score (nSPS) is 14.4. The largest absolute Gasteiger partial charge is 0.435 e. The summed E-state index contributed by atoms with van der Waals surface area (Å²) in [7, 11) is 0. The molecule has 0 atom stereocenters. The first kappa shape index (κ1) is 15.5. The highest BCUT2D eigenvalue weighted by atomic mass is 79.9.